The van der Waals surface area contributed by atoms with Gasteiger partial charge in [0.1, 0.15) is 19.0 Å². The molecule has 3 N–H and O–H groups in total. The largest absolute Gasteiger partial charge is 0.493 e. The predicted octanol–water partition coefficient (Wildman–Crippen LogP) is 5.71. The number of hydrogen-bond acceptors (Lipinski definition) is 8. The van der Waals surface area contributed by atoms with Gasteiger partial charge in [-0.15, -0.1) is 0 Å². The van der Waals surface area contributed by atoms with E-state index in [4.69, 9.17) is 19.3 Å². The molecule has 1 aromatic heterocycles. The van der Waals surface area contributed by atoms with E-state index in [-0.39, 0.29) is 60.2 Å². The highest BCUT2D eigenvalue weighted by atomic mass is 19.4. The second kappa shape index (κ2) is 14.7. The van der Waals surface area contributed by atoms with Gasteiger partial charge in [-0.2, -0.15) is 13.2 Å². The number of amides is 2. The van der Waals surface area contributed by atoms with Crippen molar-refractivity contribution < 1.29 is 51.6 Å². The van der Waals surface area contributed by atoms with E-state index in [1.165, 1.54) is 48.4 Å². The average molecular weight is 698 g/mol. The van der Waals surface area contributed by atoms with Crippen LogP contribution in [0.5, 0.6) is 11.5 Å². The molecule has 2 atom stereocenters. The van der Waals surface area contributed by atoms with Gasteiger partial charge in [0.2, 0.25) is 5.60 Å². The third-order valence-electron chi connectivity index (χ3n) is 8.60. The first-order chi connectivity index (χ1) is 23.8. The zero-order chi connectivity index (χ0) is 36.1. The number of pyridine rings is 1. The van der Waals surface area contributed by atoms with Crippen LogP contribution in [0.1, 0.15) is 40.5 Å². The molecule has 1 saturated heterocycles. The van der Waals surface area contributed by atoms with Crippen molar-refractivity contribution in [2.24, 2.45) is 0 Å². The van der Waals surface area contributed by atoms with Crippen LogP contribution in [-0.2, 0) is 22.5 Å². The minimum atomic E-state index is -5.35. The lowest BCUT2D eigenvalue weighted by Crippen LogP contribution is -2.58. The number of hydrogen-bond donors (Lipinski definition) is 3. The third-order valence-corrected chi connectivity index (χ3v) is 8.60. The summed E-state index contributed by atoms with van der Waals surface area (Å²) in [5.74, 6) is -1.26. The summed E-state index contributed by atoms with van der Waals surface area (Å²) < 4.78 is 74.5. The van der Waals surface area contributed by atoms with E-state index in [0.29, 0.717) is 6.42 Å². The zero-order valence-electron chi connectivity index (χ0n) is 27.2. The minimum Gasteiger partial charge on any atom is -0.493 e. The Morgan fingerprint density at radius 1 is 1.00 bits per heavy atom. The van der Waals surface area contributed by atoms with Gasteiger partial charge in [0, 0.05) is 17.7 Å². The molecular formula is C36H35F4N3O7. The number of benzene rings is 3. The summed E-state index contributed by atoms with van der Waals surface area (Å²) in [6.45, 7) is 0.211. The quantitative estimate of drug-likeness (QED) is 0.161. The number of methoxy groups -OCH3 is 1. The molecule has 2 heterocycles. The summed E-state index contributed by atoms with van der Waals surface area (Å²) in [4.78, 5) is 31.8. The molecule has 14 heteroatoms. The standard InChI is InChI=1S/C36H35F4N3O7/c1-34(14-15-43(34)33(46)50-21-23-6-4-3-5-7-23)26-19-28(24-8-11-27(37)12-9-24)42-31(20-26)35(47,36(38,39)40)22-41-32(45)25-10-13-29(49-17-16-44)30(18-25)48-2/h3-13,18-20,44,47H,14-17,21-22H2,1-2H3,(H,41,45)/t34-,35?/m0/s1. The normalized spacial score (nSPS) is 16.9. The summed E-state index contributed by atoms with van der Waals surface area (Å²) >= 11 is 0. The number of aliphatic hydroxyl groups is 2. The van der Waals surface area contributed by atoms with Crippen LogP contribution in [-0.4, -0.2) is 71.7 Å². The van der Waals surface area contributed by atoms with Crippen LogP contribution < -0.4 is 14.8 Å². The predicted molar refractivity (Wildman–Crippen MR) is 173 cm³/mol. The fourth-order valence-electron chi connectivity index (χ4n) is 5.50. The maximum Gasteiger partial charge on any atom is 0.424 e. The minimum absolute atomic E-state index is 0.0213. The lowest BCUT2D eigenvalue weighted by Gasteiger charge is -2.50. The van der Waals surface area contributed by atoms with E-state index >= 15 is 0 Å². The fourth-order valence-corrected chi connectivity index (χ4v) is 5.50. The first-order valence-electron chi connectivity index (χ1n) is 15.6. The van der Waals surface area contributed by atoms with Crippen molar-refractivity contribution in [3.63, 3.8) is 0 Å². The van der Waals surface area contributed by atoms with Crippen LogP contribution in [0, 0.1) is 5.82 Å². The van der Waals surface area contributed by atoms with Crippen molar-refractivity contribution in [1.29, 1.82) is 0 Å². The topological polar surface area (TPSA) is 130 Å². The van der Waals surface area contributed by atoms with Crippen LogP contribution in [0.2, 0.25) is 0 Å². The molecule has 5 rings (SSSR count). The summed E-state index contributed by atoms with van der Waals surface area (Å²) in [6, 6.07) is 20.3. The van der Waals surface area contributed by atoms with Crippen molar-refractivity contribution in [1.82, 2.24) is 15.2 Å². The Labute approximate surface area is 285 Å². The Morgan fingerprint density at radius 2 is 1.72 bits per heavy atom. The van der Waals surface area contributed by atoms with Crippen LogP contribution in [0.3, 0.4) is 0 Å². The molecule has 1 fully saturated rings. The number of halogens is 4. The van der Waals surface area contributed by atoms with Gasteiger partial charge < -0.3 is 29.7 Å². The number of likely N-dealkylation sites (tertiary alicyclic amines) is 1. The van der Waals surface area contributed by atoms with Gasteiger partial charge in [-0.25, -0.2) is 14.2 Å². The summed E-state index contributed by atoms with van der Waals surface area (Å²) in [5, 5.41) is 22.6. The van der Waals surface area contributed by atoms with Gasteiger partial charge in [0.15, 0.2) is 11.5 Å². The molecule has 0 aliphatic carbocycles. The monoisotopic (exact) mass is 697 g/mol. The molecule has 0 bridgehead atoms. The van der Waals surface area contributed by atoms with Gasteiger partial charge >= 0.3 is 12.3 Å². The van der Waals surface area contributed by atoms with Crippen LogP contribution in [0.4, 0.5) is 22.4 Å². The fraction of sp³-hybridized carbons (Fsp3) is 0.306. The molecule has 4 aromatic rings. The number of aromatic nitrogens is 1. The van der Waals surface area contributed by atoms with Gasteiger partial charge in [0.25, 0.3) is 5.91 Å². The van der Waals surface area contributed by atoms with Crippen molar-refractivity contribution in [2.45, 2.75) is 37.3 Å². The van der Waals surface area contributed by atoms with E-state index in [1.807, 2.05) is 6.07 Å². The number of nitrogens with zero attached hydrogens (tertiary/aromatic N) is 2. The molecule has 0 spiro atoms. The van der Waals surface area contributed by atoms with Gasteiger partial charge in [-0.3, -0.25) is 9.69 Å². The summed E-state index contributed by atoms with van der Waals surface area (Å²) in [5.41, 5.74) is -4.63. The van der Waals surface area contributed by atoms with E-state index < -0.39 is 47.4 Å². The number of rotatable bonds is 12. The maximum atomic E-state index is 14.9. The highest BCUT2D eigenvalue weighted by Gasteiger charge is 2.57. The second-order valence-corrected chi connectivity index (χ2v) is 11.8. The van der Waals surface area contributed by atoms with Crippen molar-refractivity contribution in [3.8, 4) is 22.8 Å². The molecule has 1 unspecified atom stereocenters. The molecule has 3 aromatic carbocycles. The zero-order valence-corrected chi connectivity index (χ0v) is 27.2. The smallest absolute Gasteiger partial charge is 0.424 e. The second-order valence-electron chi connectivity index (χ2n) is 11.8. The number of carbonyl (C=O) groups is 2. The molecular weight excluding hydrogens is 662 g/mol. The Morgan fingerprint density at radius 3 is 2.34 bits per heavy atom. The van der Waals surface area contributed by atoms with Crippen molar-refractivity contribution >= 4 is 12.0 Å². The molecule has 0 saturated carbocycles. The van der Waals surface area contributed by atoms with E-state index in [1.54, 1.807) is 31.2 Å². The maximum absolute atomic E-state index is 14.9. The number of carbonyl (C=O) groups excluding carboxylic acids is 2. The molecule has 264 valence electrons. The Bertz CT molecular complexity index is 1830. The number of nitrogens with one attached hydrogen (secondary N) is 1. The van der Waals surface area contributed by atoms with Gasteiger partial charge in [-0.05, 0) is 79.1 Å². The van der Waals surface area contributed by atoms with Gasteiger partial charge in [0.05, 0.1) is 37.2 Å². The summed E-state index contributed by atoms with van der Waals surface area (Å²) in [6.07, 6.45) is -5.69. The first kappa shape index (κ1) is 36.1. The van der Waals surface area contributed by atoms with Crippen LogP contribution in [0.15, 0.2) is 84.9 Å². The molecule has 1 aliphatic heterocycles. The number of aliphatic hydroxyl groups excluding tert-OH is 1. The Hall–Kier alpha value is -5.21. The number of alkyl halides is 3. The number of ether oxygens (including phenoxy) is 3. The van der Waals surface area contributed by atoms with Crippen molar-refractivity contribution in [3.05, 3.63) is 113 Å². The lowest BCUT2D eigenvalue weighted by atomic mass is 9.79. The van der Waals surface area contributed by atoms with Crippen LogP contribution in [0.25, 0.3) is 11.3 Å². The highest BCUT2D eigenvalue weighted by Crippen LogP contribution is 2.45. The molecule has 0 radical (unpaired) electrons. The van der Waals surface area contributed by atoms with Crippen molar-refractivity contribution in [2.75, 3.05) is 33.4 Å². The molecule has 10 nitrogen and oxygen atoms in total. The molecule has 1 aliphatic rings. The SMILES string of the molecule is COc1cc(C(=O)NCC(O)(c2cc([C@]3(C)CCN3C(=O)OCc3ccccc3)cc(-c3ccc(F)cc3)n2)C(F)(F)F)ccc1OCCO. The van der Waals surface area contributed by atoms with Crippen LogP contribution >= 0.6 is 0 Å². The Balaban J connectivity index is 1.48. The van der Waals surface area contributed by atoms with E-state index in [9.17, 15) is 32.3 Å². The van der Waals surface area contributed by atoms with E-state index in [0.717, 1.165) is 23.8 Å². The highest BCUT2D eigenvalue weighted by molar-refractivity contribution is 5.95. The third kappa shape index (κ3) is 7.50. The molecule has 2 amide bonds. The summed E-state index contributed by atoms with van der Waals surface area (Å²) in [7, 11) is 1.30. The Kier molecular flexibility index (Phi) is 10.6. The average Bonchev–Trinajstić information content (AvgIpc) is 3.11. The van der Waals surface area contributed by atoms with E-state index in [2.05, 4.69) is 10.3 Å². The lowest BCUT2D eigenvalue weighted by molar-refractivity contribution is -0.265. The molecule has 50 heavy (non-hydrogen) atoms. The first-order valence-corrected chi connectivity index (χ1v) is 15.6. The van der Waals surface area contributed by atoms with Gasteiger partial charge in [-0.1, -0.05) is 30.3 Å².